The molecule has 0 bridgehead atoms. The molecule has 1 atom stereocenters. The molecule has 0 aromatic rings. The first kappa shape index (κ1) is 67.3. The SMILES string of the molecule is CC/C=C\C/C=C\C/C=C\C/C=C\C/C=C\C/C=C\C/C=C\CCCC(=O)OCC(COC(=O)CCCCCCCCCCCCCCCCC)OC(=O)CCCCCCC/C=C\CCCCCCCC. The van der Waals surface area contributed by atoms with Crippen molar-refractivity contribution in [1.82, 2.24) is 0 Å². The van der Waals surface area contributed by atoms with Crippen molar-refractivity contribution in [2.75, 3.05) is 13.2 Å². The normalized spacial score (nSPS) is 12.8. The van der Waals surface area contributed by atoms with Crippen LogP contribution < -0.4 is 0 Å². The second-order valence-corrected chi connectivity index (χ2v) is 19.5. The molecule has 0 aliphatic rings. The van der Waals surface area contributed by atoms with E-state index in [4.69, 9.17) is 14.2 Å². The predicted molar refractivity (Wildman–Crippen MR) is 307 cm³/mol. The average molecular weight is 988 g/mol. The minimum Gasteiger partial charge on any atom is -0.462 e. The van der Waals surface area contributed by atoms with Crippen LogP contribution in [0.4, 0.5) is 0 Å². The van der Waals surface area contributed by atoms with Crippen molar-refractivity contribution >= 4 is 17.9 Å². The number of esters is 3. The van der Waals surface area contributed by atoms with Gasteiger partial charge >= 0.3 is 17.9 Å². The Balaban J connectivity index is 4.47. The third-order valence-electron chi connectivity index (χ3n) is 12.6. The van der Waals surface area contributed by atoms with Crippen molar-refractivity contribution in [3.8, 4) is 0 Å². The van der Waals surface area contributed by atoms with Crippen molar-refractivity contribution in [3.63, 3.8) is 0 Å². The van der Waals surface area contributed by atoms with Crippen LogP contribution in [0.2, 0.25) is 0 Å². The van der Waals surface area contributed by atoms with E-state index in [2.05, 4.69) is 118 Å². The van der Waals surface area contributed by atoms with Gasteiger partial charge in [0.1, 0.15) is 13.2 Å². The summed E-state index contributed by atoms with van der Waals surface area (Å²) in [6, 6.07) is 0. The number of ether oxygens (including phenoxy) is 3. The largest absolute Gasteiger partial charge is 0.462 e. The van der Waals surface area contributed by atoms with E-state index in [1.165, 1.54) is 128 Å². The molecule has 0 spiro atoms. The molecule has 71 heavy (non-hydrogen) atoms. The van der Waals surface area contributed by atoms with Crippen LogP contribution in [-0.4, -0.2) is 37.2 Å². The van der Waals surface area contributed by atoms with Gasteiger partial charge in [-0.2, -0.15) is 0 Å². The Morgan fingerprint density at radius 1 is 0.296 bits per heavy atom. The fraction of sp³-hybridized carbons (Fsp3) is 0.708. The lowest BCUT2D eigenvalue weighted by Crippen LogP contribution is -2.30. The van der Waals surface area contributed by atoms with Gasteiger partial charge in [-0.25, -0.2) is 0 Å². The second kappa shape index (κ2) is 58.9. The highest BCUT2D eigenvalue weighted by Gasteiger charge is 2.19. The average Bonchev–Trinajstić information content (AvgIpc) is 3.37. The molecular formula is C65H110O6. The summed E-state index contributed by atoms with van der Waals surface area (Å²) in [5, 5.41) is 0. The Morgan fingerprint density at radius 3 is 0.930 bits per heavy atom. The number of allylic oxidation sites excluding steroid dienone is 16. The molecule has 0 N–H and O–H groups in total. The predicted octanol–water partition coefficient (Wildman–Crippen LogP) is 20.1. The number of unbranched alkanes of at least 4 members (excludes halogenated alkanes) is 26. The van der Waals surface area contributed by atoms with Gasteiger partial charge in [-0.05, 0) is 96.3 Å². The van der Waals surface area contributed by atoms with Crippen molar-refractivity contribution in [3.05, 3.63) is 97.2 Å². The van der Waals surface area contributed by atoms with Crippen LogP contribution in [0.25, 0.3) is 0 Å². The molecule has 0 aliphatic heterocycles. The van der Waals surface area contributed by atoms with Gasteiger partial charge in [0.25, 0.3) is 0 Å². The summed E-state index contributed by atoms with van der Waals surface area (Å²) in [7, 11) is 0. The van der Waals surface area contributed by atoms with Gasteiger partial charge < -0.3 is 14.2 Å². The highest BCUT2D eigenvalue weighted by atomic mass is 16.6. The smallest absolute Gasteiger partial charge is 0.306 e. The van der Waals surface area contributed by atoms with Gasteiger partial charge in [-0.1, -0.05) is 259 Å². The molecule has 0 aromatic carbocycles. The summed E-state index contributed by atoms with van der Waals surface area (Å²) in [6.07, 6.45) is 78.3. The molecular weight excluding hydrogens is 877 g/mol. The molecule has 0 aromatic heterocycles. The number of carbonyl (C=O) groups excluding carboxylic acids is 3. The summed E-state index contributed by atoms with van der Waals surface area (Å²) in [6.45, 7) is 6.48. The maximum atomic E-state index is 12.9. The summed E-state index contributed by atoms with van der Waals surface area (Å²) in [5.41, 5.74) is 0. The Hall–Kier alpha value is -3.67. The van der Waals surface area contributed by atoms with Crippen molar-refractivity contribution in [2.24, 2.45) is 0 Å². The number of carbonyl (C=O) groups is 3. The topological polar surface area (TPSA) is 78.9 Å². The van der Waals surface area contributed by atoms with E-state index in [1.54, 1.807) is 0 Å². The highest BCUT2D eigenvalue weighted by molar-refractivity contribution is 5.71. The molecule has 0 aliphatic carbocycles. The molecule has 0 saturated carbocycles. The lowest BCUT2D eigenvalue weighted by atomic mass is 10.0. The third kappa shape index (κ3) is 57.1. The zero-order valence-electron chi connectivity index (χ0n) is 46.5. The van der Waals surface area contributed by atoms with Crippen LogP contribution in [-0.2, 0) is 28.6 Å². The molecule has 1 unspecified atom stereocenters. The second-order valence-electron chi connectivity index (χ2n) is 19.5. The quantitative estimate of drug-likeness (QED) is 0.0261. The van der Waals surface area contributed by atoms with Crippen LogP contribution in [0, 0.1) is 0 Å². The first-order valence-electron chi connectivity index (χ1n) is 29.7. The zero-order valence-corrected chi connectivity index (χ0v) is 46.5. The minimum absolute atomic E-state index is 0.0969. The van der Waals surface area contributed by atoms with Crippen LogP contribution in [0.3, 0.4) is 0 Å². The fourth-order valence-corrected chi connectivity index (χ4v) is 8.13. The van der Waals surface area contributed by atoms with Crippen molar-refractivity contribution in [1.29, 1.82) is 0 Å². The van der Waals surface area contributed by atoms with Crippen molar-refractivity contribution < 1.29 is 28.6 Å². The summed E-state index contributed by atoms with van der Waals surface area (Å²) in [5.74, 6) is -0.961. The van der Waals surface area contributed by atoms with E-state index < -0.39 is 6.10 Å². The van der Waals surface area contributed by atoms with E-state index in [0.717, 1.165) is 103 Å². The van der Waals surface area contributed by atoms with Gasteiger partial charge in [0.2, 0.25) is 0 Å². The van der Waals surface area contributed by atoms with Crippen LogP contribution in [0.1, 0.15) is 278 Å². The van der Waals surface area contributed by atoms with E-state index >= 15 is 0 Å². The molecule has 0 rings (SSSR count). The van der Waals surface area contributed by atoms with Gasteiger partial charge in [0.05, 0.1) is 0 Å². The first-order chi connectivity index (χ1) is 35.0. The summed E-state index contributed by atoms with van der Waals surface area (Å²) in [4.78, 5) is 38.2. The van der Waals surface area contributed by atoms with Gasteiger partial charge in [0.15, 0.2) is 6.10 Å². The highest BCUT2D eigenvalue weighted by Crippen LogP contribution is 2.15. The maximum absolute atomic E-state index is 12.9. The zero-order chi connectivity index (χ0) is 51.4. The van der Waals surface area contributed by atoms with Gasteiger partial charge in [-0.3, -0.25) is 14.4 Å². The summed E-state index contributed by atoms with van der Waals surface area (Å²) < 4.78 is 16.8. The van der Waals surface area contributed by atoms with Crippen LogP contribution in [0.5, 0.6) is 0 Å². The Morgan fingerprint density at radius 2 is 0.563 bits per heavy atom. The third-order valence-corrected chi connectivity index (χ3v) is 12.6. The molecule has 0 amide bonds. The molecule has 406 valence electrons. The van der Waals surface area contributed by atoms with E-state index in [-0.39, 0.29) is 37.5 Å². The van der Waals surface area contributed by atoms with Crippen LogP contribution in [0.15, 0.2) is 97.2 Å². The number of rotatable bonds is 53. The maximum Gasteiger partial charge on any atom is 0.306 e. The Labute approximate surface area is 438 Å². The molecule has 6 heteroatoms. The van der Waals surface area contributed by atoms with Gasteiger partial charge in [0, 0.05) is 19.3 Å². The van der Waals surface area contributed by atoms with Gasteiger partial charge in [-0.15, -0.1) is 0 Å². The fourth-order valence-electron chi connectivity index (χ4n) is 8.13. The number of hydrogen-bond donors (Lipinski definition) is 0. The summed E-state index contributed by atoms with van der Waals surface area (Å²) >= 11 is 0. The van der Waals surface area contributed by atoms with Crippen molar-refractivity contribution in [2.45, 2.75) is 284 Å². The first-order valence-corrected chi connectivity index (χ1v) is 29.7. The van der Waals surface area contributed by atoms with E-state index in [9.17, 15) is 14.4 Å². The Bertz CT molecular complexity index is 1410. The minimum atomic E-state index is -0.805. The molecule has 0 heterocycles. The monoisotopic (exact) mass is 987 g/mol. The lowest BCUT2D eigenvalue weighted by molar-refractivity contribution is -0.167. The van der Waals surface area contributed by atoms with E-state index in [1.807, 2.05) is 0 Å². The van der Waals surface area contributed by atoms with E-state index in [0.29, 0.717) is 19.3 Å². The molecule has 0 fully saturated rings. The molecule has 0 saturated heterocycles. The Kier molecular flexibility index (Phi) is 55.9. The molecule has 0 radical (unpaired) electrons. The van der Waals surface area contributed by atoms with Crippen LogP contribution >= 0.6 is 0 Å². The standard InChI is InChI=1S/C65H110O6/c1-4-7-10-13-16-19-22-25-28-29-30-31-32-33-34-35-38-40-43-46-49-52-55-58-64(67)70-61-62(71-65(68)59-56-53-50-47-44-41-37-27-24-21-18-15-12-9-6-3)60-69-63(66)57-54-51-48-45-42-39-36-26-23-20-17-14-11-8-5-2/h7,10,16,19,25,27-28,30-31,33-34,37-38,40,46,49,62H,4-6,8-9,11-15,17-18,20-24,26,29,32,35-36,39,41-45,47-48,50-61H2,1-3H3/b10-7-,19-16-,28-25-,31-30-,34-33-,37-27-,40-38-,49-46-. The molecule has 6 nitrogen and oxygen atoms in total. The lowest BCUT2D eigenvalue weighted by Gasteiger charge is -2.18. The number of hydrogen-bond acceptors (Lipinski definition) is 6.